The highest BCUT2D eigenvalue weighted by atomic mass is 16.4. The number of nitrogens with one attached hydrogen (secondary N) is 2. The van der Waals surface area contributed by atoms with E-state index in [9.17, 15) is 19.8 Å². The van der Waals surface area contributed by atoms with Crippen LogP contribution in [-0.2, 0) is 9.59 Å². The number of hydrogen-bond donors (Lipinski definition) is 4. The van der Waals surface area contributed by atoms with Crippen molar-refractivity contribution >= 4 is 11.9 Å². The van der Waals surface area contributed by atoms with Crippen LogP contribution in [0.15, 0.2) is 0 Å². The van der Waals surface area contributed by atoms with Gasteiger partial charge in [0.05, 0.1) is 0 Å². The molecular weight excluding hydrogens is 236 g/mol. The van der Waals surface area contributed by atoms with Crippen molar-refractivity contribution in [2.24, 2.45) is 0 Å². The van der Waals surface area contributed by atoms with Gasteiger partial charge in [-0.25, -0.2) is 0 Å². The van der Waals surface area contributed by atoms with Crippen molar-refractivity contribution in [1.29, 1.82) is 0 Å². The molecule has 0 radical (unpaired) electrons. The molecule has 0 aromatic carbocycles. The van der Waals surface area contributed by atoms with Crippen molar-refractivity contribution in [3.63, 3.8) is 0 Å². The fourth-order valence-corrected chi connectivity index (χ4v) is 1.51. The lowest BCUT2D eigenvalue weighted by molar-refractivity contribution is -0.149. The fraction of sp³-hybridized carbons (Fsp3) is 0.833. The van der Waals surface area contributed by atoms with Gasteiger partial charge in [-0.3, -0.25) is 20.2 Å². The zero-order valence-corrected chi connectivity index (χ0v) is 11.9. The lowest BCUT2D eigenvalue weighted by Crippen LogP contribution is -2.63. The molecule has 0 aromatic heterocycles. The zero-order chi connectivity index (χ0) is 14.7. The van der Waals surface area contributed by atoms with Crippen molar-refractivity contribution < 1.29 is 19.8 Å². The third kappa shape index (κ3) is 6.56. The molecule has 4 N–H and O–H groups in total. The van der Waals surface area contributed by atoms with E-state index in [1.807, 2.05) is 0 Å². The van der Waals surface area contributed by atoms with Crippen molar-refractivity contribution in [2.75, 3.05) is 0 Å². The minimum absolute atomic E-state index is 0.490. The summed E-state index contributed by atoms with van der Waals surface area (Å²) in [6.45, 7) is 10.7. The molecule has 0 bridgehead atoms. The summed E-state index contributed by atoms with van der Waals surface area (Å²) >= 11 is 0. The van der Waals surface area contributed by atoms with Crippen LogP contribution in [0.2, 0.25) is 0 Å². The van der Waals surface area contributed by atoms with Gasteiger partial charge in [-0.15, -0.1) is 0 Å². The van der Waals surface area contributed by atoms with Gasteiger partial charge in [0.2, 0.25) is 0 Å². The Kier molecular flexibility index (Phi) is 5.31. The third-order valence-corrected chi connectivity index (χ3v) is 2.04. The molecule has 0 spiro atoms. The monoisotopic (exact) mass is 260 g/mol. The topological polar surface area (TPSA) is 98.7 Å². The first-order chi connectivity index (χ1) is 7.83. The molecule has 6 heteroatoms. The van der Waals surface area contributed by atoms with Gasteiger partial charge in [0.25, 0.3) is 0 Å². The Balaban J connectivity index is 5.13. The van der Waals surface area contributed by atoms with Crippen molar-refractivity contribution in [3.05, 3.63) is 0 Å². The van der Waals surface area contributed by atoms with Crippen LogP contribution < -0.4 is 10.6 Å². The maximum absolute atomic E-state index is 11.2. The van der Waals surface area contributed by atoms with Gasteiger partial charge < -0.3 is 10.2 Å². The molecule has 2 atom stereocenters. The van der Waals surface area contributed by atoms with Gasteiger partial charge in [-0.2, -0.15) is 0 Å². The minimum atomic E-state index is -1.19. The average Bonchev–Trinajstić information content (AvgIpc) is 2.06. The molecule has 6 nitrogen and oxygen atoms in total. The quantitative estimate of drug-likeness (QED) is 0.580. The Hall–Kier alpha value is -1.14. The van der Waals surface area contributed by atoms with Gasteiger partial charge >= 0.3 is 11.9 Å². The summed E-state index contributed by atoms with van der Waals surface area (Å²) in [6, 6.07) is -2.39. The van der Waals surface area contributed by atoms with Crippen molar-refractivity contribution in [2.45, 2.75) is 64.7 Å². The predicted octanol–water partition coefficient (Wildman–Crippen LogP) is 0.669. The van der Waals surface area contributed by atoms with E-state index in [1.54, 1.807) is 41.5 Å². The van der Waals surface area contributed by atoms with E-state index < -0.39 is 35.1 Å². The predicted molar refractivity (Wildman–Crippen MR) is 68.6 cm³/mol. The van der Waals surface area contributed by atoms with E-state index in [2.05, 4.69) is 10.6 Å². The van der Waals surface area contributed by atoms with E-state index in [0.717, 1.165) is 0 Å². The summed E-state index contributed by atoms with van der Waals surface area (Å²) in [5.74, 6) is -2.37. The van der Waals surface area contributed by atoms with Crippen LogP contribution in [0.25, 0.3) is 0 Å². The van der Waals surface area contributed by atoms with Gasteiger partial charge in [0.1, 0.15) is 12.1 Å². The molecule has 0 aliphatic carbocycles. The number of hydrogen-bond acceptors (Lipinski definition) is 4. The Bertz CT molecular complexity index is 283. The molecule has 0 aromatic rings. The maximum atomic E-state index is 11.2. The second-order valence-corrected chi connectivity index (χ2v) is 6.42. The highest BCUT2D eigenvalue weighted by Crippen LogP contribution is 2.09. The van der Waals surface area contributed by atoms with E-state index in [4.69, 9.17) is 0 Å². The van der Waals surface area contributed by atoms with Crippen LogP contribution in [0, 0.1) is 0 Å². The first-order valence-corrected chi connectivity index (χ1v) is 5.84. The van der Waals surface area contributed by atoms with Gasteiger partial charge in [0, 0.05) is 11.1 Å². The number of aliphatic carboxylic acids is 2. The Morgan fingerprint density at radius 3 is 1.11 bits per heavy atom. The van der Waals surface area contributed by atoms with Gasteiger partial charge in [0.15, 0.2) is 0 Å². The first kappa shape index (κ1) is 16.9. The maximum Gasteiger partial charge on any atom is 0.322 e. The lowest BCUT2D eigenvalue weighted by Gasteiger charge is -2.33. The second kappa shape index (κ2) is 5.67. The van der Waals surface area contributed by atoms with Crippen LogP contribution in [0.4, 0.5) is 0 Å². The number of carboxylic acids is 2. The molecular formula is C12H24N2O4. The number of carboxylic acid groups (broad SMARTS) is 2. The molecule has 106 valence electrons. The summed E-state index contributed by atoms with van der Waals surface area (Å²) in [6.07, 6.45) is 0. The van der Waals surface area contributed by atoms with E-state index >= 15 is 0 Å². The molecule has 0 saturated heterocycles. The molecule has 2 unspecified atom stereocenters. The Labute approximate surface area is 108 Å². The van der Waals surface area contributed by atoms with E-state index in [-0.39, 0.29) is 0 Å². The molecule has 0 fully saturated rings. The first-order valence-electron chi connectivity index (χ1n) is 5.84. The number of rotatable bonds is 5. The van der Waals surface area contributed by atoms with Crippen LogP contribution in [-0.4, -0.2) is 45.3 Å². The molecule has 0 saturated carbocycles. The van der Waals surface area contributed by atoms with E-state index in [1.165, 1.54) is 0 Å². The average molecular weight is 260 g/mol. The molecule has 0 aliphatic rings. The molecule has 0 heterocycles. The normalized spacial score (nSPS) is 16.1. The highest BCUT2D eigenvalue weighted by molar-refractivity contribution is 5.85. The second-order valence-electron chi connectivity index (χ2n) is 6.42. The standard InChI is InChI=1S/C12H24N2O4/c1-11(2,3)13-7(9(15)16)8(10(17)18)14-12(4,5)6/h7-8,13-14H,1-6H3,(H,15,16)(H,17,18). The fourth-order valence-electron chi connectivity index (χ4n) is 1.51. The van der Waals surface area contributed by atoms with Gasteiger partial charge in [-0.1, -0.05) is 0 Å². The zero-order valence-electron chi connectivity index (χ0n) is 11.9. The minimum Gasteiger partial charge on any atom is -0.480 e. The van der Waals surface area contributed by atoms with Gasteiger partial charge in [-0.05, 0) is 41.5 Å². The van der Waals surface area contributed by atoms with Crippen molar-refractivity contribution in [3.8, 4) is 0 Å². The summed E-state index contributed by atoms with van der Waals surface area (Å²) in [7, 11) is 0. The van der Waals surface area contributed by atoms with Crippen LogP contribution in [0.5, 0.6) is 0 Å². The van der Waals surface area contributed by atoms with Crippen LogP contribution in [0.1, 0.15) is 41.5 Å². The lowest BCUT2D eigenvalue weighted by atomic mass is 9.99. The van der Waals surface area contributed by atoms with Crippen molar-refractivity contribution in [1.82, 2.24) is 10.6 Å². The van der Waals surface area contributed by atoms with Crippen LogP contribution in [0.3, 0.4) is 0 Å². The molecule has 0 aliphatic heterocycles. The summed E-state index contributed by atoms with van der Waals surface area (Å²) in [5.41, 5.74) is -0.980. The summed E-state index contributed by atoms with van der Waals surface area (Å²) in [4.78, 5) is 22.5. The smallest absolute Gasteiger partial charge is 0.322 e. The highest BCUT2D eigenvalue weighted by Gasteiger charge is 2.38. The molecule has 18 heavy (non-hydrogen) atoms. The Morgan fingerprint density at radius 2 is 1.00 bits per heavy atom. The summed E-state index contributed by atoms with van der Waals surface area (Å²) in [5, 5.41) is 24.0. The third-order valence-electron chi connectivity index (χ3n) is 2.04. The molecule has 0 amide bonds. The largest absolute Gasteiger partial charge is 0.480 e. The summed E-state index contributed by atoms with van der Waals surface area (Å²) < 4.78 is 0. The number of carbonyl (C=O) groups is 2. The van der Waals surface area contributed by atoms with Crippen LogP contribution >= 0.6 is 0 Å². The van der Waals surface area contributed by atoms with E-state index in [0.29, 0.717) is 0 Å². The SMILES string of the molecule is CC(C)(C)NC(C(=O)O)C(NC(C)(C)C)C(=O)O. The Morgan fingerprint density at radius 1 is 0.778 bits per heavy atom. The molecule has 0 rings (SSSR count).